The largest absolute Gasteiger partial charge is 0.373 e. The molecule has 0 saturated carbocycles. The third-order valence-electron chi connectivity index (χ3n) is 5.90. The van der Waals surface area contributed by atoms with Crippen molar-refractivity contribution in [3.05, 3.63) is 48.4 Å². The van der Waals surface area contributed by atoms with Crippen LogP contribution in [0.25, 0.3) is 0 Å². The topological polar surface area (TPSA) is 70.6 Å². The van der Waals surface area contributed by atoms with Crippen LogP contribution in [0, 0.1) is 5.92 Å². The standard InChI is InChI=1S/C23H31N5O2/c1-17-14-27(15-18(2)30-17)16-20-5-3-4-6-21(20)26-23(29)19-7-11-28(12-8-19)22-13-24-9-10-25-22/h3-6,9-10,13,17-19H,7-8,11-12,14-16H2,1-2H3,(H,26,29). The Labute approximate surface area is 178 Å². The Kier molecular flexibility index (Phi) is 6.59. The van der Waals surface area contributed by atoms with Crippen LogP contribution in [0.3, 0.4) is 0 Å². The third kappa shape index (κ3) is 5.15. The van der Waals surface area contributed by atoms with E-state index in [0.717, 1.165) is 62.6 Å². The zero-order valence-electron chi connectivity index (χ0n) is 17.8. The van der Waals surface area contributed by atoms with Gasteiger partial charge in [0, 0.05) is 56.7 Å². The van der Waals surface area contributed by atoms with Crippen LogP contribution >= 0.6 is 0 Å². The molecule has 0 spiro atoms. The Hall–Kier alpha value is -2.51. The van der Waals surface area contributed by atoms with Gasteiger partial charge < -0.3 is 15.0 Å². The lowest BCUT2D eigenvalue weighted by Gasteiger charge is -2.35. The third-order valence-corrected chi connectivity index (χ3v) is 5.90. The highest BCUT2D eigenvalue weighted by Gasteiger charge is 2.27. The Morgan fingerprint density at radius 2 is 1.87 bits per heavy atom. The second-order valence-corrected chi connectivity index (χ2v) is 8.42. The van der Waals surface area contributed by atoms with Crippen LogP contribution in [0.2, 0.25) is 0 Å². The van der Waals surface area contributed by atoms with E-state index in [9.17, 15) is 4.79 Å². The minimum absolute atomic E-state index is 0.0226. The molecule has 3 heterocycles. The van der Waals surface area contributed by atoms with E-state index in [4.69, 9.17) is 4.74 Å². The summed E-state index contributed by atoms with van der Waals surface area (Å²) in [5.74, 6) is 1.02. The number of ether oxygens (including phenoxy) is 1. The molecule has 7 nitrogen and oxygen atoms in total. The summed E-state index contributed by atoms with van der Waals surface area (Å²) in [6.07, 6.45) is 7.28. The number of para-hydroxylation sites is 1. The molecule has 7 heteroatoms. The molecule has 30 heavy (non-hydrogen) atoms. The van der Waals surface area contributed by atoms with Gasteiger partial charge in [-0.15, -0.1) is 0 Å². The lowest BCUT2D eigenvalue weighted by Crippen LogP contribution is -2.45. The maximum absolute atomic E-state index is 13.0. The quantitative estimate of drug-likeness (QED) is 0.819. The van der Waals surface area contributed by atoms with Crippen molar-refractivity contribution in [2.45, 2.75) is 45.4 Å². The Balaban J connectivity index is 1.35. The number of nitrogens with one attached hydrogen (secondary N) is 1. The molecule has 2 aliphatic rings. The Morgan fingerprint density at radius 1 is 1.13 bits per heavy atom. The number of rotatable bonds is 5. The minimum Gasteiger partial charge on any atom is -0.373 e. The molecule has 2 aliphatic heterocycles. The van der Waals surface area contributed by atoms with Crippen LogP contribution in [0.1, 0.15) is 32.3 Å². The first-order valence-corrected chi connectivity index (χ1v) is 10.9. The fraction of sp³-hybridized carbons (Fsp3) is 0.522. The fourth-order valence-corrected chi connectivity index (χ4v) is 4.49. The van der Waals surface area contributed by atoms with Crippen molar-refractivity contribution in [3.63, 3.8) is 0 Å². The van der Waals surface area contributed by atoms with Crippen molar-refractivity contribution in [2.24, 2.45) is 5.92 Å². The number of piperidine rings is 1. The molecule has 160 valence electrons. The van der Waals surface area contributed by atoms with Crippen molar-refractivity contribution in [3.8, 4) is 0 Å². The van der Waals surface area contributed by atoms with Crippen LogP contribution in [0.5, 0.6) is 0 Å². The predicted molar refractivity (Wildman–Crippen MR) is 117 cm³/mol. The molecule has 2 unspecified atom stereocenters. The maximum atomic E-state index is 13.0. The van der Waals surface area contributed by atoms with E-state index in [1.54, 1.807) is 18.6 Å². The second kappa shape index (κ2) is 9.53. The number of hydrogen-bond acceptors (Lipinski definition) is 6. The molecule has 0 aliphatic carbocycles. The molecule has 0 bridgehead atoms. The molecular weight excluding hydrogens is 378 g/mol. The SMILES string of the molecule is CC1CN(Cc2ccccc2NC(=O)C2CCN(c3cnccn3)CC2)CC(C)O1. The second-order valence-electron chi connectivity index (χ2n) is 8.42. The molecule has 2 fully saturated rings. The molecule has 1 N–H and O–H groups in total. The van der Waals surface area contributed by atoms with E-state index in [2.05, 4.69) is 45.0 Å². The van der Waals surface area contributed by atoms with Crippen molar-refractivity contribution >= 4 is 17.4 Å². The van der Waals surface area contributed by atoms with Crippen molar-refractivity contribution in [1.82, 2.24) is 14.9 Å². The fourth-order valence-electron chi connectivity index (χ4n) is 4.49. The number of carbonyl (C=O) groups is 1. The van der Waals surface area contributed by atoms with E-state index in [1.165, 1.54) is 0 Å². The number of aromatic nitrogens is 2. The van der Waals surface area contributed by atoms with Gasteiger partial charge in [-0.05, 0) is 38.3 Å². The summed E-state index contributed by atoms with van der Waals surface area (Å²) >= 11 is 0. The highest BCUT2D eigenvalue weighted by molar-refractivity contribution is 5.93. The van der Waals surface area contributed by atoms with E-state index in [1.807, 2.05) is 18.2 Å². The van der Waals surface area contributed by atoms with Crippen molar-refractivity contribution in [1.29, 1.82) is 0 Å². The molecule has 2 aromatic rings. The van der Waals surface area contributed by atoms with E-state index in [-0.39, 0.29) is 24.0 Å². The van der Waals surface area contributed by atoms with Crippen LogP contribution in [-0.2, 0) is 16.1 Å². The lowest BCUT2D eigenvalue weighted by molar-refractivity contribution is -0.120. The van der Waals surface area contributed by atoms with Crippen molar-refractivity contribution in [2.75, 3.05) is 36.4 Å². The summed E-state index contributed by atoms with van der Waals surface area (Å²) < 4.78 is 5.85. The number of anilines is 2. The maximum Gasteiger partial charge on any atom is 0.227 e. The van der Waals surface area contributed by atoms with Crippen LogP contribution < -0.4 is 10.2 Å². The Morgan fingerprint density at radius 3 is 2.57 bits per heavy atom. The molecule has 1 aromatic heterocycles. The van der Waals surface area contributed by atoms with Crippen molar-refractivity contribution < 1.29 is 9.53 Å². The highest BCUT2D eigenvalue weighted by Crippen LogP contribution is 2.25. The zero-order valence-corrected chi connectivity index (χ0v) is 17.8. The highest BCUT2D eigenvalue weighted by atomic mass is 16.5. The Bertz CT molecular complexity index is 828. The van der Waals surface area contributed by atoms with Crippen LogP contribution in [-0.4, -0.2) is 59.2 Å². The average Bonchev–Trinajstić information content (AvgIpc) is 2.75. The zero-order chi connectivity index (χ0) is 20.9. The van der Waals surface area contributed by atoms with Gasteiger partial charge in [0.25, 0.3) is 0 Å². The van der Waals surface area contributed by atoms with Gasteiger partial charge in [0.15, 0.2) is 0 Å². The summed E-state index contributed by atoms with van der Waals surface area (Å²) in [6, 6.07) is 8.14. The normalized spacial score (nSPS) is 23.3. The number of nitrogens with zero attached hydrogens (tertiary/aromatic N) is 4. The smallest absolute Gasteiger partial charge is 0.227 e. The van der Waals surface area contributed by atoms with Gasteiger partial charge in [0.2, 0.25) is 5.91 Å². The van der Waals surface area contributed by atoms with Gasteiger partial charge >= 0.3 is 0 Å². The van der Waals surface area contributed by atoms with Gasteiger partial charge in [-0.25, -0.2) is 4.98 Å². The van der Waals surface area contributed by atoms with Gasteiger partial charge in [-0.3, -0.25) is 14.7 Å². The molecule has 4 rings (SSSR count). The molecule has 1 amide bonds. The lowest BCUT2D eigenvalue weighted by atomic mass is 9.95. The number of amides is 1. The predicted octanol–water partition coefficient (Wildman–Crippen LogP) is 2.94. The minimum atomic E-state index is 0.0226. The summed E-state index contributed by atoms with van der Waals surface area (Å²) in [5.41, 5.74) is 2.08. The summed E-state index contributed by atoms with van der Waals surface area (Å²) in [6.45, 7) is 8.51. The van der Waals surface area contributed by atoms with Crippen LogP contribution in [0.4, 0.5) is 11.5 Å². The molecule has 2 atom stereocenters. The molecule has 0 radical (unpaired) electrons. The first-order chi connectivity index (χ1) is 14.6. The molecule has 1 aromatic carbocycles. The van der Waals surface area contributed by atoms with Gasteiger partial charge in [0.05, 0.1) is 18.4 Å². The first kappa shape index (κ1) is 20.8. The van der Waals surface area contributed by atoms with E-state index < -0.39 is 0 Å². The number of morpholine rings is 1. The number of benzene rings is 1. The average molecular weight is 410 g/mol. The summed E-state index contributed by atoms with van der Waals surface area (Å²) in [4.78, 5) is 26.1. The first-order valence-electron chi connectivity index (χ1n) is 10.9. The summed E-state index contributed by atoms with van der Waals surface area (Å²) in [7, 11) is 0. The molecular formula is C23H31N5O2. The van der Waals surface area contributed by atoms with E-state index in [0.29, 0.717) is 0 Å². The monoisotopic (exact) mass is 409 g/mol. The number of carbonyl (C=O) groups excluding carboxylic acids is 1. The van der Waals surface area contributed by atoms with Gasteiger partial charge in [-0.2, -0.15) is 0 Å². The summed E-state index contributed by atoms with van der Waals surface area (Å²) in [5, 5.41) is 3.20. The van der Waals surface area contributed by atoms with Crippen LogP contribution in [0.15, 0.2) is 42.9 Å². The van der Waals surface area contributed by atoms with E-state index >= 15 is 0 Å². The molecule has 2 saturated heterocycles. The van der Waals surface area contributed by atoms with Gasteiger partial charge in [0.1, 0.15) is 5.82 Å². The van der Waals surface area contributed by atoms with Gasteiger partial charge in [-0.1, -0.05) is 18.2 Å². The number of hydrogen-bond donors (Lipinski definition) is 1.